The molecule has 1 aliphatic rings. The molecule has 2 aromatic rings. The summed E-state index contributed by atoms with van der Waals surface area (Å²) >= 11 is 5.58. The Labute approximate surface area is 173 Å². The van der Waals surface area contributed by atoms with Gasteiger partial charge in [-0.25, -0.2) is 0 Å². The third-order valence-electron chi connectivity index (χ3n) is 4.25. The van der Waals surface area contributed by atoms with Crippen LogP contribution in [0.5, 0.6) is 0 Å². The van der Waals surface area contributed by atoms with Gasteiger partial charge in [0.15, 0.2) is 6.61 Å². The number of anilines is 1. The molecule has 0 bridgehead atoms. The molecular weight excluding hydrogens is 425 g/mol. The fraction of sp³-hybridized carbons (Fsp3) is 0.150. The minimum atomic E-state index is -4.74. The summed E-state index contributed by atoms with van der Waals surface area (Å²) in [4.78, 5) is 37.4. The van der Waals surface area contributed by atoms with Gasteiger partial charge in [-0.15, -0.1) is 0 Å². The number of benzene rings is 2. The van der Waals surface area contributed by atoms with E-state index in [9.17, 15) is 27.6 Å². The number of alkyl halides is 3. The molecule has 30 heavy (non-hydrogen) atoms. The number of hydrogen-bond donors (Lipinski definition) is 1. The number of rotatable bonds is 5. The van der Waals surface area contributed by atoms with Gasteiger partial charge in [0.1, 0.15) is 6.54 Å². The van der Waals surface area contributed by atoms with E-state index >= 15 is 0 Å². The normalized spacial score (nSPS) is 13.3. The Bertz CT molecular complexity index is 1020. The summed E-state index contributed by atoms with van der Waals surface area (Å²) in [6.07, 6.45) is -4.74. The van der Waals surface area contributed by atoms with Crippen LogP contribution in [0.25, 0.3) is 5.70 Å². The van der Waals surface area contributed by atoms with Crippen LogP contribution in [0, 0.1) is 0 Å². The largest absolute Gasteiger partial charge is 0.454 e. The van der Waals surface area contributed by atoms with Crippen LogP contribution in [-0.2, 0) is 20.5 Å². The molecule has 10 heteroatoms. The number of carbonyl (C=O) groups excluding carboxylic acids is 3. The topological polar surface area (TPSA) is 75.7 Å². The first-order chi connectivity index (χ1) is 14.1. The lowest BCUT2D eigenvalue weighted by Gasteiger charge is -2.17. The first kappa shape index (κ1) is 21.4. The van der Waals surface area contributed by atoms with Gasteiger partial charge in [-0.3, -0.25) is 19.3 Å². The maximum absolute atomic E-state index is 13.1. The van der Waals surface area contributed by atoms with E-state index in [2.05, 4.69) is 6.58 Å². The second-order valence-electron chi connectivity index (χ2n) is 6.28. The molecule has 0 saturated heterocycles. The van der Waals surface area contributed by atoms with Gasteiger partial charge < -0.3 is 10.1 Å². The highest BCUT2D eigenvalue weighted by Crippen LogP contribution is 2.36. The molecular formula is C20H14ClF3N2O4. The molecule has 0 spiro atoms. The maximum atomic E-state index is 13.1. The summed E-state index contributed by atoms with van der Waals surface area (Å²) in [5.74, 6) is -2.33. The Morgan fingerprint density at radius 3 is 2.43 bits per heavy atom. The van der Waals surface area contributed by atoms with E-state index in [0.717, 1.165) is 11.0 Å². The van der Waals surface area contributed by atoms with Crippen LogP contribution >= 0.6 is 11.6 Å². The van der Waals surface area contributed by atoms with Gasteiger partial charge in [-0.2, -0.15) is 13.2 Å². The number of nitrogens with zero attached hydrogens (tertiary/aromatic N) is 1. The SMILES string of the molecule is C=C1c2ccccc2C(=O)N1CC(=O)OCC(=O)Nc1ccc(Cl)cc1C(F)(F)F. The van der Waals surface area contributed by atoms with Crippen LogP contribution in [0.15, 0.2) is 49.0 Å². The van der Waals surface area contributed by atoms with Gasteiger partial charge in [-0.05, 0) is 24.3 Å². The summed E-state index contributed by atoms with van der Waals surface area (Å²) in [5, 5.41) is 1.88. The quantitative estimate of drug-likeness (QED) is 0.717. The predicted octanol–water partition coefficient (Wildman–Crippen LogP) is 3.97. The van der Waals surface area contributed by atoms with Gasteiger partial charge in [0.05, 0.1) is 11.3 Å². The van der Waals surface area contributed by atoms with Crippen molar-refractivity contribution in [1.29, 1.82) is 0 Å². The third kappa shape index (κ3) is 4.46. The van der Waals surface area contributed by atoms with Gasteiger partial charge in [-0.1, -0.05) is 36.4 Å². The number of hydrogen-bond acceptors (Lipinski definition) is 4. The predicted molar refractivity (Wildman–Crippen MR) is 103 cm³/mol. The van der Waals surface area contributed by atoms with E-state index in [0.29, 0.717) is 22.9 Å². The molecule has 0 aliphatic carbocycles. The van der Waals surface area contributed by atoms with E-state index in [1.54, 1.807) is 24.3 Å². The summed E-state index contributed by atoms with van der Waals surface area (Å²) in [6, 6.07) is 9.50. The summed E-state index contributed by atoms with van der Waals surface area (Å²) in [5.41, 5.74) is -0.378. The van der Waals surface area contributed by atoms with Crippen LogP contribution in [0.1, 0.15) is 21.5 Å². The lowest BCUT2D eigenvalue weighted by atomic mass is 10.1. The molecule has 1 aliphatic heterocycles. The molecule has 1 heterocycles. The molecule has 6 nitrogen and oxygen atoms in total. The number of halogens is 4. The number of fused-ring (bicyclic) bond motifs is 1. The fourth-order valence-electron chi connectivity index (χ4n) is 2.87. The molecule has 0 saturated carbocycles. The molecule has 0 unspecified atom stereocenters. The van der Waals surface area contributed by atoms with E-state index in [1.807, 2.05) is 5.32 Å². The fourth-order valence-corrected chi connectivity index (χ4v) is 3.04. The first-order valence-electron chi connectivity index (χ1n) is 8.50. The van der Waals surface area contributed by atoms with E-state index < -0.39 is 48.4 Å². The van der Waals surface area contributed by atoms with Crippen LogP contribution < -0.4 is 5.32 Å². The number of nitrogens with one attached hydrogen (secondary N) is 1. The monoisotopic (exact) mass is 438 g/mol. The number of amides is 2. The Balaban J connectivity index is 1.58. The lowest BCUT2D eigenvalue weighted by Crippen LogP contribution is -2.32. The van der Waals surface area contributed by atoms with Crippen LogP contribution in [0.3, 0.4) is 0 Å². The molecule has 0 radical (unpaired) electrons. The number of carbonyl (C=O) groups is 3. The van der Waals surface area contributed by atoms with Crippen molar-refractivity contribution < 1.29 is 32.3 Å². The van der Waals surface area contributed by atoms with Crippen molar-refractivity contribution >= 4 is 40.8 Å². The standard InChI is InChI=1S/C20H14ClF3N2O4/c1-11-13-4-2-3-5-14(13)19(29)26(11)9-18(28)30-10-17(27)25-16-7-6-12(21)8-15(16)20(22,23)24/h2-8H,1,9-10H2,(H,25,27). The average Bonchev–Trinajstić information content (AvgIpc) is 2.92. The molecule has 0 aromatic heterocycles. The summed E-state index contributed by atoms with van der Waals surface area (Å²) < 4.78 is 44.0. The molecule has 0 fully saturated rings. The van der Waals surface area contributed by atoms with Crippen molar-refractivity contribution in [2.24, 2.45) is 0 Å². The smallest absolute Gasteiger partial charge is 0.418 e. The average molecular weight is 439 g/mol. The van der Waals surface area contributed by atoms with Crippen molar-refractivity contribution in [3.63, 3.8) is 0 Å². The summed E-state index contributed by atoms with van der Waals surface area (Å²) in [7, 11) is 0. The zero-order valence-corrected chi connectivity index (χ0v) is 16.0. The first-order valence-corrected chi connectivity index (χ1v) is 8.88. The minimum Gasteiger partial charge on any atom is -0.454 e. The zero-order chi connectivity index (χ0) is 22.1. The van der Waals surface area contributed by atoms with Crippen molar-refractivity contribution in [2.45, 2.75) is 6.18 Å². The lowest BCUT2D eigenvalue weighted by molar-refractivity contribution is -0.147. The number of esters is 1. The van der Waals surface area contributed by atoms with E-state index in [4.69, 9.17) is 16.3 Å². The number of ether oxygens (including phenoxy) is 1. The highest BCUT2D eigenvalue weighted by Gasteiger charge is 2.35. The van der Waals surface area contributed by atoms with Crippen LogP contribution in [-0.4, -0.2) is 35.8 Å². The van der Waals surface area contributed by atoms with Crippen molar-refractivity contribution in [2.75, 3.05) is 18.5 Å². The molecule has 2 amide bonds. The Morgan fingerprint density at radius 2 is 1.80 bits per heavy atom. The maximum Gasteiger partial charge on any atom is 0.418 e. The molecule has 0 atom stereocenters. The zero-order valence-electron chi connectivity index (χ0n) is 15.3. The van der Waals surface area contributed by atoms with Crippen LogP contribution in [0.2, 0.25) is 5.02 Å². The molecule has 1 N–H and O–H groups in total. The Hall–Kier alpha value is -3.33. The molecule has 156 valence electrons. The van der Waals surface area contributed by atoms with Crippen molar-refractivity contribution in [3.8, 4) is 0 Å². The highest BCUT2D eigenvalue weighted by molar-refractivity contribution is 6.30. The second kappa shape index (κ2) is 8.19. The highest BCUT2D eigenvalue weighted by atomic mass is 35.5. The third-order valence-corrected chi connectivity index (χ3v) is 4.49. The minimum absolute atomic E-state index is 0.150. The molecule has 3 rings (SSSR count). The van der Waals surface area contributed by atoms with Crippen molar-refractivity contribution in [1.82, 2.24) is 4.90 Å². The van der Waals surface area contributed by atoms with Crippen LogP contribution in [0.4, 0.5) is 18.9 Å². The second-order valence-corrected chi connectivity index (χ2v) is 6.72. The van der Waals surface area contributed by atoms with E-state index in [-0.39, 0.29) is 5.02 Å². The van der Waals surface area contributed by atoms with Gasteiger partial charge in [0.2, 0.25) is 0 Å². The molecule has 2 aromatic carbocycles. The van der Waals surface area contributed by atoms with Gasteiger partial charge in [0, 0.05) is 21.8 Å². The van der Waals surface area contributed by atoms with E-state index in [1.165, 1.54) is 6.07 Å². The summed E-state index contributed by atoms with van der Waals surface area (Å²) in [6.45, 7) is 2.45. The van der Waals surface area contributed by atoms with Gasteiger partial charge >= 0.3 is 12.1 Å². The Morgan fingerprint density at radius 1 is 1.13 bits per heavy atom. The van der Waals surface area contributed by atoms with Crippen molar-refractivity contribution in [3.05, 3.63) is 70.8 Å². The van der Waals surface area contributed by atoms with Gasteiger partial charge in [0.25, 0.3) is 11.8 Å². The Kier molecular flexibility index (Phi) is 5.84.